The Morgan fingerprint density at radius 3 is 2.48 bits per heavy atom. The van der Waals surface area contributed by atoms with Crippen molar-refractivity contribution in [1.29, 1.82) is 0 Å². The number of ether oxygens (including phenoxy) is 1. The Kier molecular flexibility index (Phi) is 5.01. The fraction of sp³-hybridized carbons (Fsp3) is 0.333. The molecule has 112 valence electrons. The first-order chi connectivity index (χ1) is 9.99. The molecule has 2 rings (SSSR count). The van der Waals surface area contributed by atoms with E-state index in [1.54, 1.807) is 6.07 Å². The normalized spacial score (nSPS) is 10.5. The predicted octanol–water partition coefficient (Wildman–Crippen LogP) is 4.05. The van der Waals surface area contributed by atoms with Crippen molar-refractivity contribution in [2.24, 2.45) is 0 Å². The molecule has 0 unspecified atom stereocenters. The fourth-order valence-electron chi connectivity index (χ4n) is 1.92. The van der Waals surface area contributed by atoms with Crippen LogP contribution < -0.4 is 15.8 Å². The van der Waals surface area contributed by atoms with Crippen molar-refractivity contribution in [3.63, 3.8) is 0 Å². The summed E-state index contributed by atoms with van der Waals surface area (Å²) in [6.45, 7) is 6.95. The summed E-state index contributed by atoms with van der Waals surface area (Å²) >= 11 is 3.54. The molecule has 1 heterocycles. The molecule has 0 aliphatic rings. The number of rotatable bonds is 5. The predicted molar refractivity (Wildman–Crippen MR) is 88.9 cm³/mol. The number of hydrogen-bond donors (Lipinski definition) is 2. The standard InChI is InChI=1S/C15H19BrN4O/c1-4-5-18-12-8-13(20-15(17)19-12)21-11-6-9(2)14(16)10(3)7-11/h6-8H,4-5H2,1-3H3,(H3,17,18,19,20). The molecule has 0 atom stereocenters. The molecule has 0 spiro atoms. The van der Waals surface area contributed by atoms with Gasteiger partial charge >= 0.3 is 0 Å². The lowest BCUT2D eigenvalue weighted by molar-refractivity contribution is 0.462. The van der Waals surface area contributed by atoms with E-state index >= 15 is 0 Å². The third-order valence-corrected chi connectivity index (χ3v) is 4.16. The second kappa shape index (κ2) is 6.76. The van der Waals surface area contributed by atoms with Gasteiger partial charge in [0.1, 0.15) is 11.6 Å². The minimum atomic E-state index is 0.191. The highest BCUT2D eigenvalue weighted by Crippen LogP contribution is 2.29. The lowest BCUT2D eigenvalue weighted by Gasteiger charge is -2.11. The van der Waals surface area contributed by atoms with Gasteiger partial charge in [-0.05, 0) is 43.5 Å². The van der Waals surface area contributed by atoms with Gasteiger partial charge in [-0.25, -0.2) is 0 Å². The number of nitrogens with two attached hydrogens (primary N) is 1. The van der Waals surface area contributed by atoms with Crippen LogP contribution in [-0.4, -0.2) is 16.5 Å². The topological polar surface area (TPSA) is 73.1 Å². The Morgan fingerprint density at radius 1 is 1.19 bits per heavy atom. The van der Waals surface area contributed by atoms with E-state index in [1.807, 2.05) is 26.0 Å². The molecule has 0 saturated carbocycles. The van der Waals surface area contributed by atoms with E-state index in [2.05, 4.69) is 38.1 Å². The van der Waals surface area contributed by atoms with Crippen LogP contribution in [0.3, 0.4) is 0 Å². The van der Waals surface area contributed by atoms with Crippen LogP contribution in [0.25, 0.3) is 0 Å². The lowest BCUT2D eigenvalue weighted by Crippen LogP contribution is -2.05. The summed E-state index contributed by atoms with van der Waals surface area (Å²) in [4.78, 5) is 8.24. The third kappa shape index (κ3) is 4.07. The van der Waals surface area contributed by atoms with Crippen LogP contribution in [0.4, 0.5) is 11.8 Å². The van der Waals surface area contributed by atoms with Gasteiger partial charge in [-0.3, -0.25) is 0 Å². The van der Waals surface area contributed by atoms with Crippen LogP contribution >= 0.6 is 15.9 Å². The average molecular weight is 351 g/mol. The molecule has 2 aromatic rings. The van der Waals surface area contributed by atoms with Gasteiger partial charge in [-0.15, -0.1) is 0 Å². The molecule has 3 N–H and O–H groups in total. The van der Waals surface area contributed by atoms with E-state index in [4.69, 9.17) is 10.5 Å². The molecule has 0 aliphatic carbocycles. The van der Waals surface area contributed by atoms with Gasteiger partial charge < -0.3 is 15.8 Å². The van der Waals surface area contributed by atoms with Gasteiger partial charge in [0, 0.05) is 17.1 Å². The maximum absolute atomic E-state index is 5.80. The van der Waals surface area contributed by atoms with Crippen molar-refractivity contribution in [2.75, 3.05) is 17.6 Å². The maximum Gasteiger partial charge on any atom is 0.226 e. The van der Waals surface area contributed by atoms with E-state index in [0.29, 0.717) is 11.7 Å². The SMILES string of the molecule is CCCNc1cc(Oc2cc(C)c(Br)c(C)c2)nc(N)n1. The third-order valence-electron chi connectivity index (χ3n) is 2.91. The summed E-state index contributed by atoms with van der Waals surface area (Å²) in [6, 6.07) is 5.65. The van der Waals surface area contributed by atoms with Gasteiger partial charge in [0.15, 0.2) is 0 Å². The lowest BCUT2D eigenvalue weighted by atomic mass is 10.1. The van der Waals surface area contributed by atoms with Crippen LogP contribution in [0.15, 0.2) is 22.7 Å². The Bertz CT molecular complexity index is 623. The van der Waals surface area contributed by atoms with Crippen LogP contribution in [0.1, 0.15) is 24.5 Å². The Balaban J connectivity index is 2.24. The van der Waals surface area contributed by atoms with Crippen molar-refractivity contribution >= 4 is 27.7 Å². The monoisotopic (exact) mass is 350 g/mol. The van der Waals surface area contributed by atoms with E-state index < -0.39 is 0 Å². The van der Waals surface area contributed by atoms with Crippen LogP contribution in [0, 0.1) is 13.8 Å². The molecule has 5 nitrogen and oxygen atoms in total. The van der Waals surface area contributed by atoms with Gasteiger partial charge in [-0.2, -0.15) is 9.97 Å². The summed E-state index contributed by atoms with van der Waals surface area (Å²) in [7, 11) is 0. The summed E-state index contributed by atoms with van der Waals surface area (Å²) in [5.74, 6) is 2.02. The molecule has 0 aliphatic heterocycles. The number of halogens is 1. The Hall–Kier alpha value is -1.82. The summed E-state index contributed by atoms with van der Waals surface area (Å²) in [6.07, 6.45) is 1.01. The second-order valence-electron chi connectivity index (χ2n) is 4.85. The minimum Gasteiger partial charge on any atom is -0.439 e. The maximum atomic E-state index is 5.80. The molecule has 0 bridgehead atoms. The molecule has 1 aromatic heterocycles. The highest BCUT2D eigenvalue weighted by atomic mass is 79.9. The molecule has 0 saturated heterocycles. The van der Waals surface area contributed by atoms with Gasteiger partial charge in [0.2, 0.25) is 11.8 Å². The summed E-state index contributed by atoms with van der Waals surface area (Å²) in [5.41, 5.74) is 7.93. The first-order valence-corrected chi connectivity index (χ1v) is 7.62. The van der Waals surface area contributed by atoms with E-state index in [1.165, 1.54) is 0 Å². The number of benzene rings is 1. The highest BCUT2D eigenvalue weighted by molar-refractivity contribution is 9.10. The number of anilines is 2. The van der Waals surface area contributed by atoms with Gasteiger partial charge in [0.05, 0.1) is 0 Å². The fourth-order valence-corrected chi connectivity index (χ4v) is 2.15. The van der Waals surface area contributed by atoms with Crippen LogP contribution in [0.5, 0.6) is 11.6 Å². The Morgan fingerprint density at radius 2 is 1.86 bits per heavy atom. The van der Waals surface area contributed by atoms with Crippen molar-refractivity contribution < 1.29 is 4.74 Å². The zero-order valence-corrected chi connectivity index (χ0v) is 14.0. The first kappa shape index (κ1) is 15.6. The van der Waals surface area contributed by atoms with E-state index in [0.717, 1.165) is 34.3 Å². The number of hydrogen-bond acceptors (Lipinski definition) is 5. The van der Waals surface area contributed by atoms with E-state index in [-0.39, 0.29) is 5.95 Å². The number of nitrogens with one attached hydrogen (secondary N) is 1. The zero-order chi connectivity index (χ0) is 15.4. The van der Waals surface area contributed by atoms with Gasteiger partial charge in [0.25, 0.3) is 0 Å². The van der Waals surface area contributed by atoms with Crippen LogP contribution in [-0.2, 0) is 0 Å². The quantitative estimate of drug-likeness (QED) is 0.850. The number of aromatic nitrogens is 2. The smallest absolute Gasteiger partial charge is 0.226 e. The highest BCUT2D eigenvalue weighted by Gasteiger charge is 2.07. The van der Waals surface area contributed by atoms with E-state index in [9.17, 15) is 0 Å². The van der Waals surface area contributed by atoms with Crippen LogP contribution in [0.2, 0.25) is 0 Å². The zero-order valence-electron chi connectivity index (χ0n) is 12.4. The summed E-state index contributed by atoms with van der Waals surface area (Å²) < 4.78 is 6.89. The molecule has 1 aromatic carbocycles. The van der Waals surface area contributed by atoms with Crippen molar-refractivity contribution in [3.05, 3.63) is 33.8 Å². The Labute approximate surface area is 133 Å². The first-order valence-electron chi connectivity index (χ1n) is 6.82. The molecular weight excluding hydrogens is 332 g/mol. The van der Waals surface area contributed by atoms with Crippen molar-refractivity contribution in [3.8, 4) is 11.6 Å². The second-order valence-corrected chi connectivity index (χ2v) is 5.64. The molecule has 0 fully saturated rings. The summed E-state index contributed by atoms with van der Waals surface area (Å²) in [5, 5.41) is 3.17. The average Bonchev–Trinajstić information content (AvgIpc) is 2.42. The van der Waals surface area contributed by atoms with Gasteiger partial charge in [-0.1, -0.05) is 22.9 Å². The number of nitrogens with zero attached hydrogens (tertiary/aromatic N) is 2. The molecule has 0 amide bonds. The molecular formula is C15H19BrN4O. The molecule has 0 radical (unpaired) electrons. The van der Waals surface area contributed by atoms with Crippen molar-refractivity contribution in [1.82, 2.24) is 9.97 Å². The number of aryl methyl sites for hydroxylation is 2. The van der Waals surface area contributed by atoms with Crippen molar-refractivity contribution in [2.45, 2.75) is 27.2 Å². The number of nitrogen functional groups attached to an aromatic ring is 1. The minimum absolute atomic E-state index is 0.191. The molecule has 21 heavy (non-hydrogen) atoms. The largest absolute Gasteiger partial charge is 0.439 e. The molecule has 6 heteroatoms.